The van der Waals surface area contributed by atoms with Crippen LogP contribution in [0.25, 0.3) is 0 Å². The monoisotopic (exact) mass is 329 g/mol. The van der Waals surface area contributed by atoms with Gasteiger partial charge in [0.15, 0.2) is 15.8 Å². The summed E-state index contributed by atoms with van der Waals surface area (Å²) >= 11 is 0. The van der Waals surface area contributed by atoms with Crippen LogP contribution in [0.4, 0.5) is 0 Å². The van der Waals surface area contributed by atoms with Crippen LogP contribution in [-0.2, 0) is 21.1 Å². The Morgan fingerprint density at radius 2 is 2.09 bits per heavy atom. The van der Waals surface area contributed by atoms with Crippen molar-refractivity contribution in [1.29, 1.82) is 0 Å². The third-order valence-electron chi connectivity index (χ3n) is 4.00. The normalized spacial score (nSPS) is 18.9. The molecule has 2 N–H and O–H groups in total. The van der Waals surface area contributed by atoms with E-state index in [9.17, 15) is 8.42 Å². The summed E-state index contributed by atoms with van der Waals surface area (Å²) < 4.78 is 34.1. The topological polar surface area (TPSA) is 92.9 Å². The predicted octanol–water partition coefficient (Wildman–Crippen LogP) is 0.538. The number of nitrogens with zero attached hydrogens (tertiary/aromatic N) is 1. The zero-order valence-corrected chi connectivity index (χ0v) is 13.8. The fourth-order valence-corrected chi connectivity index (χ4v) is 3.71. The molecule has 1 aliphatic rings. The maximum absolute atomic E-state index is 12.2. The van der Waals surface area contributed by atoms with Gasteiger partial charge in [-0.15, -0.1) is 0 Å². The molecule has 0 aromatic carbocycles. The van der Waals surface area contributed by atoms with Gasteiger partial charge in [-0.05, 0) is 25.0 Å². The molecular formula is C14H23N3O4S. The molecule has 0 saturated carbocycles. The molecule has 0 amide bonds. The summed E-state index contributed by atoms with van der Waals surface area (Å²) in [6, 6.07) is 3.67. The van der Waals surface area contributed by atoms with Gasteiger partial charge in [0.25, 0.3) is 0 Å². The summed E-state index contributed by atoms with van der Waals surface area (Å²) in [5.41, 5.74) is 0. The molecule has 0 bridgehead atoms. The summed E-state index contributed by atoms with van der Waals surface area (Å²) in [6.07, 6.45) is 3.88. The molecule has 0 spiro atoms. The molecule has 1 aliphatic heterocycles. The van der Waals surface area contributed by atoms with E-state index in [1.807, 2.05) is 12.1 Å². The fourth-order valence-electron chi connectivity index (χ4n) is 2.47. The minimum absolute atomic E-state index is 0.313. The molecule has 7 nitrogen and oxygen atoms in total. The zero-order valence-electron chi connectivity index (χ0n) is 13.0. The Labute approximate surface area is 131 Å². The molecule has 1 saturated heterocycles. The lowest BCUT2D eigenvalue weighted by Gasteiger charge is -2.35. The second-order valence-electron chi connectivity index (χ2n) is 5.43. The highest BCUT2D eigenvalue weighted by Crippen LogP contribution is 2.28. The second-order valence-corrected chi connectivity index (χ2v) is 7.84. The summed E-state index contributed by atoms with van der Waals surface area (Å²) in [5, 5.41) is 6.21. The van der Waals surface area contributed by atoms with Gasteiger partial charge in [-0.3, -0.25) is 4.99 Å². The molecule has 22 heavy (non-hydrogen) atoms. The number of furan rings is 1. The number of nitrogens with one attached hydrogen (secondary N) is 2. The number of aliphatic imine (C=N–C) groups is 1. The van der Waals surface area contributed by atoms with Crippen molar-refractivity contribution >= 4 is 15.8 Å². The first-order valence-corrected chi connectivity index (χ1v) is 9.10. The van der Waals surface area contributed by atoms with Gasteiger partial charge in [-0.2, -0.15) is 0 Å². The molecular weight excluding hydrogens is 306 g/mol. The van der Waals surface area contributed by atoms with Crippen molar-refractivity contribution in [3.63, 3.8) is 0 Å². The Balaban J connectivity index is 1.95. The quantitative estimate of drug-likeness (QED) is 0.605. The molecule has 0 unspecified atom stereocenters. The minimum Gasteiger partial charge on any atom is -0.467 e. The highest BCUT2D eigenvalue weighted by molar-refractivity contribution is 7.92. The molecule has 0 aliphatic carbocycles. The number of guanidine groups is 1. The molecule has 0 atom stereocenters. The lowest BCUT2D eigenvalue weighted by molar-refractivity contribution is 0.0756. The van der Waals surface area contributed by atoms with Crippen LogP contribution >= 0.6 is 0 Å². The van der Waals surface area contributed by atoms with Gasteiger partial charge in [0.2, 0.25) is 0 Å². The zero-order chi connectivity index (χ0) is 16.1. The first-order chi connectivity index (χ1) is 10.5. The van der Waals surface area contributed by atoms with E-state index in [0.29, 0.717) is 45.1 Å². The van der Waals surface area contributed by atoms with Gasteiger partial charge in [-0.25, -0.2) is 8.42 Å². The average molecular weight is 329 g/mol. The molecule has 124 valence electrons. The van der Waals surface area contributed by atoms with E-state index in [2.05, 4.69) is 15.6 Å². The SMILES string of the molecule is CN=C(NCc1ccco1)NCC1(S(C)(=O)=O)CCOCC1. The summed E-state index contributed by atoms with van der Waals surface area (Å²) in [6.45, 7) is 1.73. The third kappa shape index (κ3) is 4.01. The van der Waals surface area contributed by atoms with Crippen molar-refractivity contribution in [2.45, 2.75) is 24.1 Å². The van der Waals surface area contributed by atoms with E-state index in [4.69, 9.17) is 9.15 Å². The van der Waals surface area contributed by atoms with Crippen LogP contribution in [0.2, 0.25) is 0 Å². The average Bonchev–Trinajstić information content (AvgIpc) is 3.00. The predicted molar refractivity (Wildman–Crippen MR) is 84.5 cm³/mol. The Hall–Kier alpha value is -1.54. The smallest absolute Gasteiger partial charge is 0.191 e. The second kappa shape index (κ2) is 7.15. The van der Waals surface area contributed by atoms with E-state index in [1.165, 1.54) is 6.26 Å². The van der Waals surface area contributed by atoms with Gasteiger partial charge in [0.05, 0.1) is 17.6 Å². The highest BCUT2D eigenvalue weighted by atomic mass is 32.2. The Morgan fingerprint density at radius 1 is 1.36 bits per heavy atom. The summed E-state index contributed by atoms with van der Waals surface area (Å²) in [5.74, 6) is 1.33. The van der Waals surface area contributed by atoms with Gasteiger partial charge < -0.3 is 19.8 Å². The van der Waals surface area contributed by atoms with Crippen LogP contribution in [0.15, 0.2) is 27.8 Å². The van der Waals surface area contributed by atoms with Crippen LogP contribution in [0.5, 0.6) is 0 Å². The highest BCUT2D eigenvalue weighted by Gasteiger charge is 2.42. The van der Waals surface area contributed by atoms with Crippen molar-refractivity contribution in [2.75, 3.05) is 33.1 Å². The largest absolute Gasteiger partial charge is 0.467 e. The van der Waals surface area contributed by atoms with Gasteiger partial charge >= 0.3 is 0 Å². The molecule has 2 rings (SSSR count). The molecule has 1 aromatic rings. The Morgan fingerprint density at radius 3 is 2.64 bits per heavy atom. The molecule has 1 fully saturated rings. The van der Waals surface area contributed by atoms with Crippen LogP contribution < -0.4 is 10.6 Å². The number of ether oxygens (including phenoxy) is 1. The van der Waals surface area contributed by atoms with E-state index in [-0.39, 0.29) is 0 Å². The Bertz CT molecular complexity index is 590. The minimum atomic E-state index is -3.19. The Kier molecular flexibility index (Phi) is 5.47. The first-order valence-electron chi connectivity index (χ1n) is 7.21. The van der Waals surface area contributed by atoms with Crippen molar-refractivity contribution in [3.05, 3.63) is 24.2 Å². The summed E-state index contributed by atoms with van der Waals surface area (Å²) in [7, 11) is -1.55. The molecule has 2 heterocycles. The maximum Gasteiger partial charge on any atom is 0.191 e. The number of hydrogen-bond acceptors (Lipinski definition) is 5. The molecule has 0 radical (unpaired) electrons. The van der Waals surface area contributed by atoms with E-state index in [0.717, 1.165) is 5.76 Å². The fraction of sp³-hybridized carbons (Fsp3) is 0.643. The van der Waals surface area contributed by atoms with Crippen LogP contribution in [-0.4, -0.2) is 52.2 Å². The van der Waals surface area contributed by atoms with Crippen molar-refractivity contribution in [3.8, 4) is 0 Å². The molecule has 1 aromatic heterocycles. The van der Waals surface area contributed by atoms with Gasteiger partial charge in [0.1, 0.15) is 5.76 Å². The number of sulfone groups is 1. The first kappa shape index (κ1) is 16.8. The van der Waals surface area contributed by atoms with E-state index < -0.39 is 14.6 Å². The van der Waals surface area contributed by atoms with Crippen molar-refractivity contribution < 1.29 is 17.6 Å². The molecule has 8 heteroatoms. The maximum atomic E-state index is 12.2. The van der Waals surface area contributed by atoms with Crippen molar-refractivity contribution in [2.24, 2.45) is 4.99 Å². The van der Waals surface area contributed by atoms with Gasteiger partial charge in [0, 0.05) is 33.1 Å². The third-order valence-corrected chi connectivity index (χ3v) is 6.13. The van der Waals surface area contributed by atoms with Gasteiger partial charge in [-0.1, -0.05) is 0 Å². The lowest BCUT2D eigenvalue weighted by atomic mass is 9.99. The van der Waals surface area contributed by atoms with E-state index >= 15 is 0 Å². The number of rotatable bonds is 5. The van der Waals surface area contributed by atoms with Crippen LogP contribution in [0, 0.1) is 0 Å². The van der Waals surface area contributed by atoms with Crippen LogP contribution in [0.1, 0.15) is 18.6 Å². The standard InChI is InChI=1S/C14H23N3O4S/c1-15-13(16-10-12-4-3-7-21-12)17-11-14(22(2,18)19)5-8-20-9-6-14/h3-4,7H,5-6,8-11H2,1-2H3,(H2,15,16,17). The van der Waals surface area contributed by atoms with Crippen LogP contribution in [0.3, 0.4) is 0 Å². The summed E-state index contributed by atoms with van der Waals surface area (Å²) in [4.78, 5) is 4.11. The van der Waals surface area contributed by atoms with E-state index in [1.54, 1.807) is 13.3 Å². The number of hydrogen-bond donors (Lipinski definition) is 2. The lowest BCUT2D eigenvalue weighted by Crippen LogP contribution is -2.53. The van der Waals surface area contributed by atoms with Crippen molar-refractivity contribution in [1.82, 2.24) is 10.6 Å².